The standard InChI is InChI=1S/C22H25N5/c1-16-4-8-18(9-5-16)21-13-22(26-12-2-3-19(24)15-26)25-27(21)20-10-6-17(14-23)7-11-20/h4-11,13,19,22,25H,2-3,12,15,24H2,1H3. The van der Waals surface area contributed by atoms with Gasteiger partial charge in [0.1, 0.15) is 0 Å². The Hall–Kier alpha value is -2.65. The molecule has 0 radical (unpaired) electrons. The fourth-order valence-corrected chi connectivity index (χ4v) is 3.79. The van der Waals surface area contributed by atoms with Crippen LogP contribution in [0.15, 0.2) is 54.6 Å². The van der Waals surface area contributed by atoms with Crippen LogP contribution in [0, 0.1) is 18.3 Å². The van der Waals surface area contributed by atoms with E-state index in [-0.39, 0.29) is 12.2 Å². The molecule has 3 N–H and O–H groups in total. The summed E-state index contributed by atoms with van der Waals surface area (Å²) in [6.07, 6.45) is 4.62. The largest absolute Gasteiger partial charge is 0.327 e. The van der Waals surface area contributed by atoms with Gasteiger partial charge in [0.15, 0.2) is 0 Å². The van der Waals surface area contributed by atoms with Crippen LogP contribution in [0.4, 0.5) is 5.69 Å². The first-order chi connectivity index (χ1) is 13.1. The number of nitrogens with one attached hydrogen (secondary N) is 1. The predicted octanol–water partition coefficient (Wildman–Crippen LogP) is 2.98. The smallest absolute Gasteiger partial charge is 0.0993 e. The molecule has 2 aliphatic heterocycles. The summed E-state index contributed by atoms with van der Waals surface area (Å²) in [5.74, 6) is 0. The minimum Gasteiger partial charge on any atom is -0.327 e. The molecule has 4 rings (SSSR count). The molecule has 5 heteroatoms. The highest BCUT2D eigenvalue weighted by molar-refractivity contribution is 5.81. The van der Waals surface area contributed by atoms with E-state index in [1.165, 1.54) is 11.1 Å². The van der Waals surface area contributed by atoms with Gasteiger partial charge in [-0.25, -0.2) is 5.43 Å². The van der Waals surface area contributed by atoms with E-state index in [0.717, 1.165) is 37.3 Å². The molecule has 1 fully saturated rings. The van der Waals surface area contributed by atoms with Gasteiger partial charge in [-0.2, -0.15) is 5.26 Å². The zero-order chi connectivity index (χ0) is 18.8. The number of nitrogens with two attached hydrogens (primary N) is 1. The summed E-state index contributed by atoms with van der Waals surface area (Å²) in [6.45, 7) is 4.04. The Kier molecular flexibility index (Phi) is 4.95. The first-order valence-electron chi connectivity index (χ1n) is 9.49. The van der Waals surface area contributed by atoms with Crippen molar-refractivity contribution in [3.63, 3.8) is 0 Å². The highest BCUT2D eigenvalue weighted by Crippen LogP contribution is 2.31. The maximum atomic E-state index is 9.08. The summed E-state index contributed by atoms with van der Waals surface area (Å²) >= 11 is 0. The zero-order valence-corrected chi connectivity index (χ0v) is 15.6. The molecule has 0 amide bonds. The van der Waals surface area contributed by atoms with Crippen LogP contribution in [0.1, 0.15) is 29.5 Å². The number of benzene rings is 2. The molecule has 2 heterocycles. The number of rotatable bonds is 3. The number of nitriles is 1. The van der Waals surface area contributed by atoms with Crippen LogP contribution >= 0.6 is 0 Å². The van der Waals surface area contributed by atoms with Gasteiger partial charge in [-0.15, -0.1) is 0 Å². The van der Waals surface area contributed by atoms with E-state index < -0.39 is 0 Å². The topological polar surface area (TPSA) is 68.3 Å². The Morgan fingerprint density at radius 3 is 2.52 bits per heavy atom. The van der Waals surface area contributed by atoms with E-state index in [1.54, 1.807) is 0 Å². The second-order valence-electron chi connectivity index (χ2n) is 7.38. The summed E-state index contributed by atoms with van der Waals surface area (Å²) in [5.41, 5.74) is 15.0. The molecular weight excluding hydrogens is 334 g/mol. The highest BCUT2D eigenvalue weighted by atomic mass is 15.6. The molecular formula is C22H25N5. The van der Waals surface area contributed by atoms with Crippen LogP contribution < -0.4 is 16.2 Å². The van der Waals surface area contributed by atoms with Gasteiger partial charge in [-0.05, 0) is 55.7 Å². The molecule has 0 spiro atoms. The molecule has 27 heavy (non-hydrogen) atoms. The van der Waals surface area contributed by atoms with Crippen molar-refractivity contribution in [2.24, 2.45) is 5.73 Å². The van der Waals surface area contributed by atoms with Crippen LogP contribution in [0.25, 0.3) is 5.70 Å². The van der Waals surface area contributed by atoms with E-state index in [1.807, 2.05) is 24.3 Å². The number of hydrazine groups is 1. The Morgan fingerprint density at radius 2 is 1.85 bits per heavy atom. The minimum absolute atomic E-state index is 0.114. The normalized spacial score (nSPS) is 23.1. The van der Waals surface area contributed by atoms with Crippen molar-refractivity contribution in [1.29, 1.82) is 5.26 Å². The van der Waals surface area contributed by atoms with Gasteiger partial charge in [-0.1, -0.05) is 29.8 Å². The van der Waals surface area contributed by atoms with Gasteiger partial charge < -0.3 is 5.73 Å². The summed E-state index contributed by atoms with van der Waals surface area (Å²) in [6, 6.07) is 18.7. The first-order valence-corrected chi connectivity index (χ1v) is 9.49. The SMILES string of the molecule is Cc1ccc(C2=CC(N3CCCC(N)C3)NN2c2ccc(C#N)cc2)cc1. The van der Waals surface area contributed by atoms with Crippen molar-refractivity contribution in [3.05, 3.63) is 71.3 Å². The first kappa shape index (κ1) is 17.7. The fraction of sp³-hybridized carbons (Fsp3) is 0.318. The lowest BCUT2D eigenvalue weighted by Gasteiger charge is -2.35. The van der Waals surface area contributed by atoms with Crippen LogP contribution in [-0.2, 0) is 0 Å². The number of hydrogen-bond donors (Lipinski definition) is 2. The number of aryl methyl sites for hydroxylation is 1. The number of anilines is 1. The molecule has 5 nitrogen and oxygen atoms in total. The number of piperidine rings is 1. The molecule has 0 saturated carbocycles. The Bertz CT molecular complexity index is 863. The molecule has 0 aliphatic carbocycles. The Labute approximate surface area is 160 Å². The third-order valence-corrected chi connectivity index (χ3v) is 5.30. The fourth-order valence-electron chi connectivity index (χ4n) is 3.79. The lowest BCUT2D eigenvalue weighted by atomic mass is 10.1. The van der Waals surface area contributed by atoms with E-state index in [9.17, 15) is 0 Å². The van der Waals surface area contributed by atoms with Crippen LogP contribution in [0.2, 0.25) is 0 Å². The molecule has 2 aliphatic rings. The van der Waals surface area contributed by atoms with Crippen molar-refractivity contribution in [3.8, 4) is 6.07 Å². The van der Waals surface area contributed by atoms with Gasteiger partial charge in [0.2, 0.25) is 0 Å². The van der Waals surface area contributed by atoms with Gasteiger partial charge in [0.05, 0.1) is 29.2 Å². The summed E-state index contributed by atoms with van der Waals surface area (Å²) in [7, 11) is 0. The van der Waals surface area contributed by atoms with Gasteiger partial charge in [0, 0.05) is 19.1 Å². The number of nitrogens with zero attached hydrogens (tertiary/aromatic N) is 3. The minimum atomic E-state index is 0.114. The second-order valence-corrected chi connectivity index (χ2v) is 7.38. The van der Waals surface area contributed by atoms with Gasteiger partial charge in [-0.3, -0.25) is 9.91 Å². The summed E-state index contributed by atoms with van der Waals surface area (Å²) in [4.78, 5) is 2.41. The molecule has 2 aromatic carbocycles. The van der Waals surface area contributed by atoms with E-state index >= 15 is 0 Å². The molecule has 1 saturated heterocycles. The van der Waals surface area contributed by atoms with Gasteiger partial charge >= 0.3 is 0 Å². The van der Waals surface area contributed by atoms with E-state index in [4.69, 9.17) is 11.0 Å². The molecule has 2 aromatic rings. The summed E-state index contributed by atoms with van der Waals surface area (Å²) in [5, 5.41) is 11.2. The Morgan fingerprint density at radius 1 is 1.11 bits per heavy atom. The highest BCUT2D eigenvalue weighted by Gasteiger charge is 2.31. The monoisotopic (exact) mass is 359 g/mol. The predicted molar refractivity (Wildman–Crippen MR) is 108 cm³/mol. The van der Waals surface area contributed by atoms with Crippen molar-refractivity contribution < 1.29 is 0 Å². The lowest BCUT2D eigenvalue weighted by molar-refractivity contribution is 0.159. The van der Waals surface area contributed by atoms with Crippen LogP contribution in [-0.4, -0.2) is 30.2 Å². The van der Waals surface area contributed by atoms with E-state index in [0.29, 0.717) is 5.56 Å². The van der Waals surface area contributed by atoms with Crippen molar-refractivity contribution in [2.45, 2.75) is 32.0 Å². The van der Waals surface area contributed by atoms with E-state index in [2.05, 4.69) is 58.7 Å². The van der Waals surface area contributed by atoms with Crippen LogP contribution in [0.3, 0.4) is 0 Å². The Balaban J connectivity index is 1.67. The third-order valence-electron chi connectivity index (χ3n) is 5.30. The maximum absolute atomic E-state index is 9.08. The number of likely N-dealkylation sites (tertiary alicyclic amines) is 1. The molecule has 2 unspecified atom stereocenters. The maximum Gasteiger partial charge on any atom is 0.0993 e. The number of hydrogen-bond acceptors (Lipinski definition) is 5. The van der Waals surface area contributed by atoms with Gasteiger partial charge in [0.25, 0.3) is 0 Å². The van der Waals surface area contributed by atoms with Crippen LogP contribution in [0.5, 0.6) is 0 Å². The third kappa shape index (κ3) is 3.74. The zero-order valence-electron chi connectivity index (χ0n) is 15.6. The average Bonchev–Trinajstić information content (AvgIpc) is 3.14. The average molecular weight is 359 g/mol. The summed E-state index contributed by atoms with van der Waals surface area (Å²) < 4.78 is 0. The second kappa shape index (κ2) is 7.53. The lowest BCUT2D eigenvalue weighted by Crippen LogP contribution is -2.53. The molecule has 138 valence electrons. The molecule has 0 aromatic heterocycles. The van der Waals surface area contributed by atoms with Crippen molar-refractivity contribution in [2.75, 3.05) is 18.1 Å². The molecule has 2 atom stereocenters. The quantitative estimate of drug-likeness (QED) is 0.882. The van der Waals surface area contributed by atoms with Crippen molar-refractivity contribution in [1.82, 2.24) is 10.3 Å². The molecule has 0 bridgehead atoms. The van der Waals surface area contributed by atoms with Crippen molar-refractivity contribution >= 4 is 11.4 Å².